The van der Waals surface area contributed by atoms with Gasteiger partial charge >= 0.3 is 5.97 Å². The maximum absolute atomic E-state index is 12.9. The lowest BCUT2D eigenvalue weighted by atomic mass is 9.98. The molecule has 0 aromatic rings. The standard InChI is InChI=1S/C45H78O14/c1-3-5-7-9-11-13-15-17-18-20-22-24-26-28-37(47)57-34(31-54-29-27-25-23-21-19-16-14-12-10-8-6-4-2)32-55-44-43(53)41(51)39(49)36(59-44)33-56-45-42(52)40(50)38(48)35(30-46)58-45/h5,7,11,13,17-18,22,24,34-36,38-46,48-53H,3-4,6,8-10,12,14-16,19-21,23,25-33H2,1-2H3/b7-5-,13-11-,18-17-,24-22-. The van der Waals surface area contributed by atoms with E-state index in [1.165, 1.54) is 57.8 Å². The Balaban J connectivity index is 1.86. The van der Waals surface area contributed by atoms with Gasteiger partial charge in [-0.3, -0.25) is 4.79 Å². The maximum atomic E-state index is 12.9. The second-order valence-electron chi connectivity index (χ2n) is 15.5. The Morgan fingerprint density at radius 2 is 1.07 bits per heavy atom. The molecule has 0 aliphatic carbocycles. The summed E-state index contributed by atoms with van der Waals surface area (Å²) >= 11 is 0. The Hall–Kier alpha value is -2.05. The van der Waals surface area contributed by atoms with Gasteiger partial charge in [0, 0.05) is 13.0 Å². The van der Waals surface area contributed by atoms with Crippen LogP contribution >= 0.6 is 0 Å². The number of allylic oxidation sites excluding steroid dienone is 8. The summed E-state index contributed by atoms with van der Waals surface area (Å²) < 4.78 is 34.0. The van der Waals surface area contributed by atoms with E-state index in [0.717, 1.165) is 44.9 Å². The van der Waals surface area contributed by atoms with Crippen LogP contribution in [0.2, 0.25) is 0 Å². The van der Waals surface area contributed by atoms with Crippen LogP contribution in [-0.2, 0) is 33.2 Å². The number of ether oxygens (including phenoxy) is 6. The number of carbonyl (C=O) groups excluding carboxylic acids is 1. The highest BCUT2D eigenvalue weighted by atomic mass is 16.7. The van der Waals surface area contributed by atoms with Crippen molar-refractivity contribution in [2.24, 2.45) is 0 Å². The van der Waals surface area contributed by atoms with Crippen LogP contribution in [-0.4, -0.2) is 142 Å². The highest BCUT2D eigenvalue weighted by molar-refractivity contribution is 5.69. The van der Waals surface area contributed by atoms with Crippen molar-refractivity contribution in [1.29, 1.82) is 0 Å². The van der Waals surface area contributed by atoms with Gasteiger partial charge in [-0.05, 0) is 38.5 Å². The molecular weight excluding hydrogens is 764 g/mol. The molecule has 0 radical (unpaired) electrons. The molecule has 2 heterocycles. The van der Waals surface area contributed by atoms with E-state index in [-0.39, 0.29) is 19.6 Å². The zero-order chi connectivity index (χ0) is 43.1. The van der Waals surface area contributed by atoms with Crippen LogP contribution in [0.15, 0.2) is 48.6 Å². The number of rotatable bonds is 33. The van der Waals surface area contributed by atoms with Crippen molar-refractivity contribution in [2.45, 2.75) is 197 Å². The molecular formula is C45H78O14. The van der Waals surface area contributed by atoms with Crippen LogP contribution in [0.5, 0.6) is 0 Å². The molecule has 2 fully saturated rings. The van der Waals surface area contributed by atoms with E-state index in [1.54, 1.807) is 0 Å². The third kappa shape index (κ3) is 22.6. The van der Waals surface area contributed by atoms with Crippen molar-refractivity contribution in [3.05, 3.63) is 48.6 Å². The SMILES string of the molecule is CC/C=C\C/C=C\C/C=C\C/C=C\CCC(=O)OC(COCCCCCCCCCCCCCC)COC1OC(COC2OC(CO)C(O)C(O)C2O)C(O)C(O)C1O. The van der Waals surface area contributed by atoms with Crippen molar-refractivity contribution in [1.82, 2.24) is 0 Å². The minimum atomic E-state index is -1.72. The van der Waals surface area contributed by atoms with Crippen LogP contribution in [0.1, 0.15) is 129 Å². The van der Waals surface area contributed by atoms with Crippen LogP contribution in [0.4, 0.5) is 0 Å². The average molecular weight is 843 g/mol. The van der Waals surface area contributed by atoms with Crippen molar-refractivity contribution in [3.8, 4) is 0 Å². The van der Waals surface area contributed by atoms with E-state index in [0.29, 0.717) is 13.0 Å². The number of carbonyl (C=O) groups is 1. The van der Waals surface area contributed by atoms with Gasteiger partial charge in [0.15, 0.2) is 12.6 Å². The van der Waals surface area contributed by atoms with Crippen LogP contribution in [0, 0.1) is 0 Å². The molecule has 14 nitrogen and oxygen atoms in total. The van der Waals surface area contributed by atoms with Crippen molar-refractivity contribution < 1.29 is 69.0 Å². The molecule has 2 aliphatic rings. The predicted molar refractivity (Wildman–Crippen MR) is 224 cm³/mol. The second kappa shape index (κ2) is 33.6. The smallest absolute Gasteiger partial charge is 0.306 e. The highest BCUT2D eigenvalue weighted by Gasteiger charge is 2.47. The van der Waals surface area contributed by atoms with Gasteiger partial charge in [0.05, 0.1) is 26.4 Å². The Morgan fingerprint density at radius 1 is 0.576 bits per heavy atom. The molecule has 59 heavy (non-hydrogen) atoms. The van der Waals surface area contributed by atoms with Crippen molar-refractivity contribution >= 4 is 5.97 Å². The Bertz CT molecular complexity index is 1160. The van der Waals surface area contributed by atoms with Gasteiger partial charge in [-0.2, -0.15) is 0 Å². The number of aliphatic hydroxyl groups is 7. The molecule has 0 aromatic heterocycles. The molecule has 342 valence electrons. The number of aliphatic hydroxyl groups excluding tert-OH is 7. The number of unbranched alkanes of at least 4 members (excludes halogenated alkanes) is 11. The van der Waals surface area contributed by atoms with E-state index in [1.807, 2.05) is 12.2 Å². The van der Waals surface area contributed by atoms with Gasteiger partial charge in [-0.25, -0.2) is 0 Å². The van der Waals surface area contributed by atoms with Gasteiger partial charge in [-0.1, -0.05) is 133 Å². The topological polar surface area (TPSA) is 214 Å². The fourth-order valence-corrected chi connectivity index (χ4v) is 6.71. The van der Waals surface area contributed by atoms with Crippen LogP contribution in [0.25, 0.3) is 0 Å². The second-order valence-corrected chi connectivity index (χ2v) is 15.5. The third-order valence-electron chi connectivity index (χ3n) is 10.4. The first-order valence-corrected chi connectivity index (χ1v) is 22.2. The number of hydrogen-bond acceptors (Lipinski definition) is 14. The molecule has 0 spiro atoms. The van der Waals surface area contributed by atoms with Crippen LogP contribution in [0.3, 0.4) is 0 Å². The fraction of sp³-hybridized carbons (Fsp3) is 0.800. The van der Waals surface area contributed by atoms with Crippen molar-refractivity contribution in [2.75, 3.05) is 33.0 Å². The molecule has 2 aliphatic heterocycles. The van der Waals surface area contributed by atoms with E-state index in [9.17, 15) is 40.5 Å². The minimum absolute atomic E-state index is 0.0331. The molecule has 2 saturated heterocycles. The molecule has 11 atom stereocenters. The summed E-state index contributed by atoms with van der Waals surface area (Å²) in [5.41, 5.74) is 0. The summed E-state index contributed by atoms with van der Waals surface area (Å²) in [6, 6.07) is 0. The molecule has 14 heteroatoms. The third-order valence-corrected chi connectivity index (χ3v) is 10.4. The first-order valence-electron chi connectivity index (χ1n) is 22.2. The molecule has 0 bridgehead atoms. The number of hydrogen-bond donors (Lipinski definition) is 7. The highest BCUT2D eigenvalue weighted by Crippen LogP contribution is 2.26. The number of esters is 1. The summed E-state index contributed by atoms with van der Waals surface area (Å²) in [6.45, 7) is 3.45. The molecule has 0 saturated carbocycles. The average Bonchev–Trinajstić information content (AvgIpc) is 3.23. The van der Waals surface area contributed by atoms with E-state index < -0.39 is 86.7 Å². The predicted octanol–water partition coefficient (Wildman–Crippen LogP) is 4.84. The molecule has 2 rings (SSSR count). The minimum Gasteiger partial charge on any atom is -0.457 e. The Morgan fingerprint density at radius 3 is 1.63 bits per heavy atom. The summed E-state index contributed by atoms with van der Waals surface area (Å²) in [5.74, 6) is -0.457. The normalized spacial score (nSPS) is 28.4. The lowest BCUT2D eigenvalue weighted by molar-refractivity contribution is -0.332. The lowest BCUT2D eigenvalue weighted by Crippen LogP contribution is -2.61. The van der Waals surface area contributed by atoms with E-state index >= 15 is 0 Å². The fourth-order valence-electron chi connectivity index (χ4n) is 6.71. The first-order chi connectivity index (χ1) is 28.6. The Labute approximate surface area is 352 Å². The van der Waals surface area contributed by atoms with Crippen LogP contribution < -0.4 is 0 Å². The molecule has 0 aromatic carbocycles. The zero-order valence-electron chi connectivity index (χ0n) is 35.7. The summed E-state index contributed by atoms with van der Waals surface area (Å²) in [7, 11) is 0. The van der Waals surface area contributed by atoms with E-state index in [4.69, 9.17) is 28.4 Å². The lowest BCUT2D eigenvalue weighted by Gasteiger charge is -2.42. The van der Waals surface area contributed by atoms with Crippen molar-refractivity contribution in [3.63, 3.8) is 0 Å². The Kier molecular flexibility index (Phi) is 30.2. The quantitative estimate of drug-likeness (QED) is 0.0268. The first kappa shape index (κ1) is 53.1. The summed E-state index contributed by atoms with van der Waals surface area (Å²) in [6.07, 6.45) is 19.2. The summed E-state index contributed by atoms with van der Waals surface area (Å²) in [5, 5.41) is 71.8. The molecule has 0 amide bonds. The van der Waals surface area contributed by atoms with Gasteiger partial charge in [-0.15, -0.1) is 0 Å². The summed E-state index contributed by atoms with van der Waals surface area (Å²) in [4.78, 5) is 12.9. The zero-order valence-corrected chi connectivity index (χ0v) is 35.7. The van der Waals surface area contributed by atoms with Gasteiger partial charge in [0.25, 0.3) is 0 Å². The largest absolute Gasteiger partial charge is 0.457 e. The van der Waals surface area contributed by atoms with Gasteiger partial charge in [0.2, 0.25) is 0 Å². The molecule has 11 unspecified atom stereocenters. The van der Waals surface area contributed by atoms with Gasteiger partial charge in [0.1, 0.15) is 54.9 Å². The van der Waals surface area contributed by atoms with E-state index in [2.05, 4.69) is 50.3 Å². The maximum Gasteiger partial charge on any atom is 0.306 e. The van der Waals surface area contributed by atoms with Gasteiger partial charge < -0.3 is 64.2 Å². The molecule has 7 N–H and O–H groups in total. The monoisotopic (exact) mass is 843 g/mol.